The molecule has 78 valence electrons. The predicted octanol–water partition coefficient (Wildman–Crippen LogP) is 3.01. The third kappa shape index (κ3) is 1.57. The quantitative estimate of drug-likeness (QED) is 0.812. The van der Waals surface area contributed by atoms with Crippen LogP contribution >= 0.6 is 11.6 Å². The fourth-order valence-corrected chi connectivity index (χ4v) is 1.93. The molecule has 0 bridgehead atoms. The van der Waals surface area contributed by atoms with E-state index in [1.165, 1.54) is 0 Å². The van der Waals surface area contributed by atoms with Gasteiger partial charge in [-0.2, -0.15) is 4.98 Å². The van der Waals surface area contributed by atoms with Crippen LogP contribution in [0, 0.1) is 0 Å². The molecule has 0 amide bonds. The molecule has 0 radical (unpaired) electrons. The highest BCUT2D eigenvalue weighted by atomic mass is 35.5. The topological polar surface area (TPSA) is 38.1 Å². The van der Waals surface area contributed by atoms with Gasteiger partial charge < -0.3 is 9.73 Å². The summed E-state index contributed by atoms with van der Waals surface area (Å²) in [7, 11) is 0. The molecule has 1 saturated carbocycles. The van der Waals surface area contributed by atoms with Crippen molar-refractivity contribution in [1.82, 2.24) is 4.98 Å². The normalized spacial score (nSPS) is 17.9. The number of hydrogen-bond donors (Lipinski definition) is 1. The minimum Gasteiger partial charge on any atom is -0.424 e. The van der Waals surface area contributed by atoms with Gasteiger partial charge in [-0.15, -0.1) is 11.6 Å². The molecule has 3 rings (SSSR count). The molecule has 15 heavy (non-hydrogen) atoms. The molecule has 1 fully saturated rings. The SMILES string of the molecule is ClCC1(Nc2nc3ccccc3o2)CC1. The highest BCUT2D eigenvalue weighted by molar-refractivity contribution is 6.19. The number of rotatable bonds is 3. The first-order valence-electron chi connectivity index (χ1n) is 5.01. The monoisotopic (exact) mass is 222 g/mol. The molecule has 1 aliphatic carbocycles. The van der Waals surface area contributed by atoms with Crippen molar-refractivity contribution in [2.24, 2.45) is 0 Å². The summed E-state index contributed by atoms with van der Waals surface area (Å²) in [5.74, 6) is 0.603. The van der Waals surface area contributed by atoms with Crippen LogP contribution in [-0.2, 0) is 0 Å². The highest BCUT2D eigenvalue weighted by Crippen LogP contribution is 2.40. The lowest BCUT2D eigenvalue weighted by atomic mass is 10.3. The van der Waals surface area contributed by atoms with E-state index in [9.17, 15) is 0 Å². The molecule has 0 aliphatic heterocycles. The smallest absolute Gasteiger partial charge is 0.296 e. The molecule has 0 atom stereocenters. The molecule has 2 aromatic rings. The van der Waals surface area contributed by atoms with Crippen LogP contribution in [0.2, 0.25) is 0 Å². The van der Waals surface area contributed by atoms with E-state index < -0.39 is 0 Å². The standard InChI is InChI=1S/C11H11ClN2O/c12-7-11(5-6-11)14-10-13-8-3-1-2-4-9(8)15-10/h1-4H,5-7H2,(H,13,14). The zero-order valence-electron chi connectivity index (χ0n) is 8.16. The summed E-state index contributed by atoms with van der Waals surface area (Å²) in [5, 5.41) is 3.26. The average Bonchev–Trinajstić information content (AvgIpc) is 2.91. The second-order valence-corrected chi connectivity index (χ2v) is 4.29. The lowest BCUT2D eigenvalue weighted by molar-refractivity contribution is 0.599. The van der Waals surface area contributed by atoms with E-state index in [-0.39, 0.29) is 5.54 Å². The Kier molecular flexibility index (Phi) is 1.89. The van der Waals surface area contributed by atoms with Crippen molar-refractivity contribution < 1.29 is 4.42 Å². The van der Waals surface area contributed by atoms with Crippen molar-refractivity contribution in [3.05, 3.63) is 24.3 Å². The van der Waals surface area contributed by atoms with Crippen molar-refractivity contribution >= 4 is 28.7 Å². The predicted molar refractivity (Wildman–Crippen MR) is 60.3 cm³/mol. The number of alkyl halides is 1. The first-order chi connectivity index (χ1) is 7.31. The highest BCUT2D eigenvalue weighted by Gasteiger charge is 2.42. The fourth-order valence-electron chi connectivity index (χ4n) is 1.60. The maximum atomic E-state index is 5.87. The second-order valence-electron chi connectivity index (χ2n) is 4.03. The van der Waals surface area contributed by atoms with Crippen molar-refractivity contribution in [2.45, 2.75) is 18.4 Å². The summed E-state index contributed by atoms with van der Waals surface area (Å²) >= 11 is 5.87. The Bertz CT molecular complexity index is 457. The van der Waals surface area contributed by atoms with Crippen molar-refractivity contribution in [3.63, 3.8) is 0 Å². The summed E-state index contributed by atoms with van der Waals surface area (Å²) in [6, 6.07) is 8.31. The lowest BCUT2D eigenvalue weighted by Crippen LogP contribution is -2.22. The fraction of sp³-hybridized carbons (Fsp3) is 0.364. The Hall–Kier alpha value is -1.22. The summed E-state index contributed by atoms with van der Waals surface area (Å²) in [6.45, 7) is 0. The molecule has 1 heterocycles. The summed E-state index contributed by atoms with van der Waals surface area (Å²) in [6.07, 6.45) is 2.18. The maximum Gasteiger partial charge on any atom is 0.296 e. The van der Waals surface area contributed by atoms with E-state index in [1.807, 2.05) is 24.3 Å². The van der Waals surface area contributed by atoms with Gasteiger partial charge in [0, 0.05) is 5.88 Å². The number of anilines is 1. The van der Waals surface area contributed by atoms with Crippen LogP contribution in [0.15, 0.2) is 28.7 Å². The Morgan fingerprint density at radius 2 is 2.20 bits per heavy atom. The van der Waals surface area contributed by atoms with Crippen LogP contribution < -0.4 is 5.32 Å². The van der Waals surface area contributed by atoms with E-state index in [0.29, 0.717) is 11.9 Å². The summed E-state index contributed by atoms with van der Waals surface area (Å²) in [5.41, 5.74) is 1.72. The van der Waals surface area contributed by atoms with Gasteiger partial charge in [-0.05, 0) is 25.0 Å². The van der Waals surface area contributed by atoms with Crippen molar-refractivity contribution in [1.29, 1.82) is 0 Å². The first-order valence-corrected chi connectivity index (χ1v) is 5.55. The molecule has 1 aromatic carbocycles. The third-order valence-electron chi connectivity index (χ3n) is 2.78. The molecule has 1 N–H and O–H groups in total. The molecule has 0 unspecified atom stereocenters. The molecule has 1 aromatic heterocycles. The molecule has 0 saturated heterocycles. The lowest BCUT2D eigenvalue weighted by Gasteiger charge is -2.10. The van der Waals surface area contributed by atoms with Crippen LogP contribution in [0.5, 0.6) is 0 Å². The zero-order valence-corrected chi connectivity index (χ0v) is 8.92. The second kappa shape index (κ2) is 3.14. The van der Waals surface area contributed by atoms with Crippen LogP contribution in [0.4, 0.5) is 6.01 Å². The van der Waals surface area contributed by atoms with Crippen molar-refractivity contribution in [2.75, 3.05) is 11.2 Å². The Morgan fingerprint density at radius 3 is 2.87 bits per heavy atom. The Morgan fingerprint density at radius 1 is 1.40 bits per heavy atom. The minimum absolute atomic E-state index is 0.0302. The molecule has 4 heteroatoms. The van der Waals surface area contributed by atoms with Gasteiger partial charge in [0.15, 0.2) is 5.58 Å². The number of nitrogens with one attached hydrogen (secondary N) is 1. The van der Waals surface area contributed by atoms with Gasteiger partial charge in [0.05, 0.1) is 5.54 Å². The minimum atomic E-state index is 0.0302. The zero-order chi connectivity index (χ0) is 10.3. The van der Waals surface area contributed by atoms with Gasteiger partial charge in [-0.3, -0.25) is 0 Å². The number of oxazole rings is 1. The molecule has 1 aliphatic rings. The Labute approximate surface area is 92.4 Å². The van der Waals surface area contributed by atoms with Crippen LogP contribution in [-0.4, -0.2) is 16.4 Å². The number of fused-ring (bicyclic) bond motifs is 1. The van der Waals surface area contributed by atoms with Crippen molar-refractivity contribution in [3.8, 4) is 0 Å². The number of aromatic nitrogens is 1. The number of para-hydroxylation sites is 2. The first kappa shape index (κ1) is 9.04. The number of nitrogens with zero attached hydrogens (tertiary/aromatic N) is 1. The van der Waals surface area contributed by atoms with Gasteiger partial charge >= 0.3 is 0 Å². The van der Waals surface area contributed by atoms with Crippen LogP contribution in [0.25, 0.3) is 11.1 Å². The van der Waals surface area contributed by atoms with E-state index in [4.69, 9.17) is 16.0 Å². The summed E-state index contributed by atoms with van der Waals surface area (Å²) < 4.78 is 5.56. The van der Waals surface area contributed by atoms with E-state index in [0.717, 1.165) is 23.9 Å². The van der Waals surface area contributed by atoms with E-state index >= 15 is 0 Å². The average molecular weight is 223 g/mol. The largest absolute Gasteiger partial charge is 0.424 e. The maximum absolute atomic E-state index is 5.87. The van der Waals surface area contributed by atoms with E-state index in [1.54, 1.807) is 0 Å². The molecular weight excluding hydrogens is 212 g/mol. The van der Waals surface area contributed by atoms with Gasteiger partial charge in [0.2, 0.25) is 0 Å². The van der Waals surface area contributed by atoms with E-state index in [2.05, 4.69) is 10.3 Å². The molecule has 3 nitrogen and oxygen atoms in total. The number of hydrogen-bond acceptors (Lipinski definition) is 3. The molecule has 0 spiro atoms. The van der Waals surface area contributed by atoms with Gasteiger partial charge in [0.1, 0.15) is 5.52 Å². The van der Waals surface area contributed by atoms with Crippen LogP contribution in [0.1, 0.15) is 12.8 Å². The number of benzene rings is 1. The summed E-state index contributed by atoms with van der Waals surface area (Å²) in [4.78, 5) is 4.35. The van der Waals surface area contributed by atoms with Crippen LogP contribution in [0.3, 0.4) is 0 Å². The number of halogens is 1. The Balaban J connectivity index is 1.92. The third-order valence-corrected chi connectivity index (χ3v) is 3.29. The molecular formula is C11H11ClN2O. The van der Waals surface area contributed by atoms with Gasteiger partial charge in [-0.1, -0.05) is 12.1 Å². The van der Waals surface area contributed by atoms with Gasteiger partial charge in [0.25, 0.3) is 6.01 Å². The van der Waals surface area contributed by atoms with Gasteiger partial charge in [-0.25, -0.2) is 0 Å².